The highest BCUT2D eigenvalue weighted by Gasteiger charge is 2.12. The van der Waals surface area contributed by atoms with Crippen molar-refractivity contribution in [2.24, 2.45) is 0 Å². The second kappa shape index (κ2) is 7.64. The molecule has 5 heteroatoms. The minimum atomic E-state index is -2.92. The summed E-state index contributed by atoms with van der Waals surface area (Å²) in [5.74, 6) is 1.04. The average molecular weight is 299 g/mol. The predicted octanol–water partition coefficient (Wildman–Crippen LogP) is 2.04. The molecule has 0 spiro atoms. The zero-order chi connectivity index (χ0) is 15.2. The molecule has 0 aliphatic carbocycles. The number of hydrogen-bond donors (Lipinski definition) is 1. The van der Waals surface area contributed by atoms with Crippen molar-refractivity contribution in [3.05, 3.63) is 29.8 Å². The highest BCUT2D eigenvalue weighted by atomic mass is 32.2. The maximum Gasteiger partial charge on any atom is 0.148 e. The summed E-state index contributed by atoms with van der Waals surface area (Å²) in [4.78, 5) is 0. The number of ether oxygens (including phenoxy) is 1. The Morgan fingerprint density at radius 1 is 1.15 bits per heavy atom. The molecule has 0 fully saturated rings. The minimum absolute atomic E-state index is 0.0177. The van der Waals surface area contributed by atoms with E-state index in [1.165, 1.54) is 11.8 Å². The van der Waals surface area contributed by atoms with Crippen molar-refractivity contribution in [2.75, 3.05) is 19.1 Å². The Hall–Kier alpha value is -1.07. The van der Waals surface area contributed by atoms with Gasteiger partial charge in [-0.2, -0.15) is 0 Å². The summed E-state index contributed by atoms with van der Waals surface area (Å²) in [6.45, 7) is 3.99. The average Bonchev–Trinajstić information content (AvgIpc) is 2.34. The van der Waals surface area contributed by atoms with Gasteiger partial charge in [0.05, 0.1) is 12.9 Å². The fourth-order valence-electron chi connectivity index (χ4n) is 2.25. The molecule has 0 saturated carbocycles. The van der Waals surface area contributed by atoms with Gasteiger partial charge in [0.1, 0.15) is 15.6 Å². The van der Waals surface area contributed by atoms with Gasteiger partial charge in [0.2, 0.25) is 0 Å². The molecule has 1 aromatic carbocycles. The molecule has 0 heterocycles. The van der Waals surface area contributed by atoms with Crippen molar-refractivity contribution in [1.29, 1.82) is 0 Å². The summed E-state index contributed by atoms with van der Waals surface area (Å²) in [6, 6.07) is 8.31. The Labute approximate surface area is 122 Å². The van der Waals surface area contributed by atoms with Gasteiger partial charge in [-0.05, 0) is 44.4 Å². The lowest BCUT2D eigenvalue weighted by Gasteiger charge is -2.19. The van der Waals surface area contributed by atoms with E-state index in [9.17, 15) is 8.42 Å². The van der Waals surface area contributed by atoms with Crippen molar-refractivity contribution in [2.45, 2.75) is 38.8 Å². The third kappa shape index (κ3) is 6.91. The quantitative estimate of drug-likeness (QED) is 0.798. The third-order valence-corrected chi connectivity index (χ3v) is 4.25. The number of nitrogens with one attached hydrogen (secondary N) is 1. The SMILES string of the molecule is COc1ccc(CCC(C)NC(C)CS(C)(=O)=O)cc1. The zero-order valence-corrected chi connectivity index (χ0v) is 13.5. The lowest BCUT2D eigenvalue weighted by atomic mass is 10.1. The van der Waals surface area contributed by atoms with Gasteiger partial charge >= 0.3 is 0 Å². The standard InChI is InChI=1S/C15H25NO3S/c1-12(16-13(2)11-20(4,17)18)5-6-14-7-9-15(19-3)10-8-14/h7-10,12-13,16H,5-6,11H2,1-4H3. The number of sulfone groups is 1. The van der Waals surface area contributed by atoms with Crippen molar-refractivity contribution < 1.29 is 13.2 Å². The number of benzene rings is 1. The van der Waals surface area contributed by atoms with Crippen LogP contribution in [0.15, 0.2) is 24.3 Å². The maximum atomic E-state index is 11.2. The fourth-order valence-corrected chi connectivity index (χ4v) is 3.25. The van der Waals surface area contributed by atoms with Crippen LogP contribution >= 0.6 is 0 Å². The number of methoxy groups -OCH3 is 1. The molecule has 2 unspecified atom stereocenters. The smallest absolute Gasteiger partial charge is 0.148 e. The topological polar surface area (TPSA) is 55.4 Å². The van der Waals surface area contributed by atoms with E-state index in [1.54, 1.807) is 7.11 Å². The molecule has 0 amide bonds. The lowest BCUT2D eigenvalue weighted by Crippen LogP contribution is -2.39. The van der Waals surface area contributed by atoms with Crippen LogP contribution in [0, 0.1) is 0 Å². The Morgan fingerprint density at radius 3 is 2.25 bits per heavy atom. The summed E-state index contributed by atoms with van der Waals surface area (Å²) >= 11 is 0. The van der Waals surface area contributed by atoms with Gasteiger partial charge in [-0.1, -0.05) is 12.1 Å². The normalized spacial score (nSPS) is 14.8. The second-order valence-corrected chi connectivity index (χ2v) is 7.63. The van der Waals surface area contributed by atoms with Crippen LogP contribution in [0.1, 0.15) is 25.8 Å². The molecule has 0 bridgehead atoms. The minimum Gasteiger partial charge on any atom is -0.497 e. The molecule has 0 aliphatic rings. The monoisotopic (exact) mass is 299 g/mol. The van der Waals surface area contributed by atoms with Crippen LogP contribution < -0.4 is 10.1 Å². The summed E-state index contributed by atoms with van der Waals surface area (Å²) in [7, 11) is -1.26. The van der Waals surface area contributed by atoms with Gasteiger partial charge in [-0.3, -0.25) is 0 Å². The lowest BCUT2D eigenvalue weighted by molar-refractivity contribution is 0.414. The Kier molecular flexibility index (Phi) is 6.49. The van der Waals surface area contributed by atoms with E-state index in [0.717, 1.165) is 18.6 Å². The van der Waals surface area contributed by atoms with Crippen molar-refractivity contribution in [3.63, 3.8) is 0 Å². The largest absolute Gasteiger partial charge is 0.497 e. The molecular formula is C15H25NO3S. The van der Waals surface area contributed by atoms with E-state index in [1.807, 2.05) is 19.1 Å². The summed E-state index contributed by atoms with van der Waals surface area (Å²) in [6.07, 6.45) is 3.21. The molecule has 114 valence electrons. The Balaban J connectivity index is 2.37. The van der Waals surface area contributed by atoms with E-state index < -0.39 is 9.84 Å². The maximum absolute atomic E-state index is 11.2. The first-order chi connectivity index (χ1) is 9.30. The fraction of sp³-hybridized carbons (Fsp3) is 0.600. The highest BCUT2D eigenvalue weighted by molar-refractivity contribution is 7.90. The molecule has 2 atom stereocenters. The van der Waals surface area contributed by atoms with Gasteiger partial charge in [0, 0.05) is 18.3 Å². The summed E-state index contributed by atoms with van der Waals surface area (Å²) in [5, 5.41) is 3.33. The number of hydrogen-bond acceptors (Lipinski definition) is 4. The van der Waals surface area contributed by atoms with Gasteiger partial charge in [0.15, 0.2) is 0 Å². The molecule has 4 nitrogen and oxygen atoms in total. The van der Waals surface area contributed by atoms with Crippen LogP contribution in [-0.2, 0) is 16.3 Å². The summed E-state index contributed by atoms with van der Waals surface area (Å²) < 4.78 is 27.5. The number of rotatable bonds is 8. The molecule has 0 aromatic heterocycles. The van der Waals surface area contributed by atoms with Crippen molar-refractivity contribution in [1.82, 2.24) is 5.32 Å². The highest BCUT2D eigenvalue weighted by Crippen LogP contribution is 2.13. The van der Waals surface area contributed by atoms with Gasteiger partial charge < -0.3 is 10.1 Å². The zero-order valence-electron chi connectivity index (χ0n) is 12.7. The van der Waals surface area contributed by atoms with Crippen molar-refractivity contribution in [3.8, 4) is 5.75 Å². The van der Waals surface area contributed by atoms with Gasteiger partial charge in [-0.25, -0.2) is 8.42 Å². The van der Waals surface area contributed by atoms with Crippen LogP contribution in [0.3, 0.4) is 0 Å². The number of aryl methyl sites for hydroxylation is 1. The van der Waals surface area contributed by atoms with E-state index in [2.05, 4.69) is 24.4 Å². The first-order valence-electron chi connectivity index (χ1n) is 6.87. The van der Waals surface area contributed by atoms with Gasteiger partial charge in [0.25, 0.3) is 0 Å². The Morgan fingerprint density at radius 2 is 1.75 bits per heavy atom. The van der Waals surface area contributed by atoms with Gasteiger partial charge in [-0.15, -0.1) is 0 Å². The van der Waals surface area contributed by atoms with E-state index in [4.69, 9.17) is 4.74 Å². The van der Waals surface area contributed by atoms with Crippen LogP contribution in [0.4, 0.5) is 0 Å². The molecule has 1 aromatic rings. The van der Waals surface area contributed by atoms with E-state index in [-0.39, 0.29) is 17.8 Å². The van der Waals surface area contributed by atoms with Crippen molar-refractivity contribution >= 4 is 9.84 Å². The molecule has 0 aliphatic heterocycles. The molecule has 20 heavy (non-hydrogen) atoms. The first-order valence-corrected chi connectivity index (χ1v) is 8.93. The van der Waals surface area contributed by atoms with E-state index in [0.29, 0.717) is 0 Å². The third-order valence-electron chi connectivity index (χ3n) is 3.15. The predicted molar refractivity (Wildman–Crippen MR) is 83.1 cm³/mol. The van der Waals surface area contributed by atoms with E-state index >= 15 is 0 Å². The summed E-state index contributed by atoms with van der Waals surface area (Å²) in [5.41, 5.74) is 1.26. The first kappa shape index (κ1) is 17.0. The van der Waals surface area contributed by atoms with Crippen LogP contribution in [-0.4, -0.2) is 39.6 Å². The molecule has 0 radical (unpaired) electrons. The second-order valence-electron chi connectivity index (χ2n) is 5.45. The molecule has 1 N–H and O–H groups in total. The van der Waals surface area contributed by atoms with Crippen LogP contribution in [0.5, 0.6) is 5.75 Å². The molecular weight excluding hydrogens is 274 g/mol. The molecule has 0 saturated heterocycles. The molecule has 1 rings (SSSR count). The van der Waals surface area contributed by atoms with Crippen LogP contribution in [0.25, 0.3) is 0 Å². The van der Waals surface area contributed by atoms with Crippen LogP contribution in [0.2, 0.25) is 0 Å². The Bertz CT molecular complexity index is 496.